The summed E-state index contributed by atoms with van der Waals surface area (Å²) in [6.07, 6.45) is 1.22. The molecule has 0 spiro atoms. The molecule has 0 bridgehead atoms. The molecule has 0 aromatic heterocycles. The Kier molecular flexibility index (Phi) is 2.49. The lowest BCUT2D eigenvalue weighted by molar-refractivity contribution is 0.174. The SMILES string of the molecule is CCOCC1=C(N)S(=O)(=O)N=C1. The number of hydrogen-bond acceptors (Lipinski definition) is 4. The molecule has 2 N–H and O–H groups in total. The molecule has 0 saturated carbocycles. The van der Waals surface area contributed by atoms with E-state index in [1.54, 1.807) is 0 Å². The average Bonchev–Trinajstić information content (AvgIpc) is 2.26. The van der Waals surface area contributed by atoms with Gasteiger partial charge in [0.2, 0.25) is 0 Å². The summed E-state index contributed by atoms with van der Waals surface area (Å²) in [5.41, 5.74) is 5.71. The van der Waals surface area contributed by atoms with Crippen LogP contribution in [0.1, 0.15) is 6.92 Å². The molecule has 0 atom stereocenters. The van der Waals surface area contributed by atoms with Crippen molar-refractivity contribution in [1.82, 2.24) is 0 Å². The van der Waals surface area contributed by atoms with Gasteiger partial charge in [-0.2, -0.15) is 12.8 Å². The van der Waals surface area contributed by atoms with Gasteiger partial charge in [0, 0.05) is 18.4 Å². The Morgan fingerprint density at radius 3 is 2.75 bits per heavy atom. The second-order valence-corrected chi connectivity index (χ2v) is 3.84. The molecule has 6 heteroatoms. The summed E-state index contributed by atoms with van der Waals surface area (Å²) in [4.78, 5) is 0. The van der Waals surface area contributed by atoms with Gasteiger partial charge >= 0.3 is 0 Å². The third kappa shape index (κ3) is 1.64. The summed E-state index contributed by atoms with van der Waals surface area (Å²) in [7, 11) is -3.56. The maximum Gasteiger partial charge on any atom is 0.297 e. The molecule has 1 rings (SSSR count). The van der Waals surface area contributed by atoms with E-state index < -0.39 is 10.0 Å². The van der Waals surface area contributed by atoms with Crippen molar-refractivity contribution in [3.63, 3.8) is 0 Å². The maximum atomic E-state index is 10.9. The minimum atomic E-state index is -3.56. The summed E-state index contributed by atoms with van der Waals surface area (Å²) in [5, 5.41) is -0.198. The molecule has 68 valence electrons. The summed E-state index contributed by atoms with van der Waals surface area (Å²) in [6.45, 7) is 2.53. The third-order valence-corrected chi connectivity index (χ3v) is 2.60. The molecular weight excluding hydrogens is 180 g/mol. The Hall–Kier alpha value is -0.880. The van der Waals surface area contributed by atoms with Crippen LogP contribution in [-0.4, -0.2) is 27.8 Å². The van der Waals surface area contributed by atoms with Crippen LogP contribution in [0.15, 0.2) is 15.0 Å². The first-order valence-corrected chi connectivity index (χ1v) is 4.88. The van der Waals surface area contributed by atoms with Crippen molar-refractivity contribution < 1.29 is 13.2 Å². The lowest BCUT2D eigenvalue weighted by Gasteiger charge is -1.99. The molecular formula is C6H10N2O3S. The van der Waals surface area contributed by atoms with E-state index in [1.165, 1.54) is 6.21 Å². The quantitative estimate of drug-likeness (QED) is 0.657. The fourth-order valence-corrected chi connectivity index (χ4v) is 1.56. The highest BCUT2D eigenvalue weighted by molar-refractivity contribution is 7.94. The molecule has 1 aliphatic rings. The van der Waals surface area contributed by atoms with Crippen LogP contribution >= 0.6 is 0 Å². The van der Waals surface area contributed by atoms with Crippen LogP contribution in [0.5, 0.6) is 0 Å². The molecule has 0 saturated heterocycles. The van der Waals surface area contributed by atoms with Crippen molar-refractivity contribution in [1.29, 1.82) is 0 Å². The van der Waals surface area contributed by atoms with Crippen LogP contribution in [0.25, 0.3) is 0 Å². The second kappa shape index (κ2) is 3.24. The molecule has 0 amide bonds. The minimum absolute atomic E-state index is 0.198. The Morgan fingerprint density at radius 2 is 2.33 bits per heavy atom. The van der Waals surface area contributed by atoms with Gasteiger partial charge in [-0.25, -0.2) is 0 Å². The predicted molar refractivity (Wildman–Crippen MR) is 45.1 cm³/mol. The Labute approximate surface area is 71.0 Å². The van der Waals surface area contributed by atoms with E-state index in [0.29, 0.717) is 12.2 Å². The highest BCUT2D eigenvalue weighted by Gasteiger charge is 2.22. The van der Waals surface area contributed by atoms with Crippen LogP contribution in [0, 0.1) is 0 Å². The summed E-state index contributed by atoms with van der Waals surface area (Å²) in [5.74, 6) is 0. The van der Waals surface area contributed by atoms with E-state index in [-0.39, 0.29) is 11.6 Å². The van der Waals surface area contributed by atoms with Crippen LogP contribution < -0.4 is 5.73 Å². The Bertz CT molecular complexity index is 329. The summed E-state index contributed by atoms with van der Waals surface area (Å²) < 4.78 is 30.0. The normalized spacial score (nSPS) is 20.4. The van der Waals surface area contributed by atoms with Crippen molar-refractivity contribution in [3.05, 3.63) is 10.6 Å². The van der Waals surface area contributed by atoms with E-state index >= 15 is 0 Å². The van der Waals surface area contributed by atoms with Crippen molar-refractivity contribution in [2.45, 2.75) is 6.92 Å². The molecule has 0 radical (unpaired) electrons. The maximum absolute atomic E-state index is 10.9. The van der Waals surface area contributed by atoms with Crippen molar-refractivity contribution in [2.24, 2.45) is 10.1 Å². The molecule has 12 heavy (non-hydrogen) atoms. The largest absolute Gasteiger partial charge is 0.388 e. The van der Waals surface area contributed by atoms with Gasteiger partial charge in [-0.05, 0) is 6.92 Å². The predicted octanol–water partition coefficient (Wildman–Crippen LogP) is -0.393. The summed E-state index contributed by atoms with van der Waals surface area (Å²) in [6, 6.07) is 0. The Morgan fingerprint density at radius 1 is 1.67 bits per heavy atom. The monoisotopic (exact) mass is 190 g/mol. The standard InChI is InChI=1S/C6H10N2O3S/c1-2-11-4-5-3-8-12(9,10)6(5)7/h3H,2,4,7H2,1H3. The third-order valence-electron chi connectivity index (χ3n) is 1.40. The number of nitrogens with two attached hydrogens (primary N) is 1. The topological polar surface area (TPSA) is 81.8 Å². The summed E-state index contributed by atoms with van der Waals surface area (Å²) >= 11 is 0. The van der Waals surface area contributed by atoms with Gasteiger partial charge < -0.3 is 10.5 Å². The molecule has 1 aliphatic heterocycles. The zero-order valence-corrected chi connectivity index (χ0v) is 7.47. The lowest BCUT2D eigenvalue weighted by Crippen LogP contribution is -2.10. The van der Waals surface area contributed by atoms with Gasteiger partial charge in [-0.3, -0.25) is 0 Å². The van der Waals surface area contributed by atoms with Crippen molar-refractivity contribution >= 4 is 16.2 Å². The number of sulfonamides is 1. The van der Waals surface area contributed by atoms with E-state index in [9.17, 15) is 8.42 Å². The molecule has 0 aliphatic carbocycles. The van der Waals surface area contributed by atoms with E-state index in [0.717, 1.165) is 0 Å². The zero-order chi connectivity index (χ0) is 9.19. The molecule has 0 fully saturated rings. The first-order chi connectivity index (χ1) is 5.58. The first kappa shape index (κ1) is 9.21. The molecule has 0 aromatic carbocycles. The van der Waals surface area contributed by atoms with Gasteiger partial charge in [-0.15, -0.1) is 0 Å². The number of ether oxygens (including phenoxy) is 1. The van der Waals surface area contributed by atoms with Gasteiger partial charge in [0.05, 0.1) is 6.61 Å². The highest BCUT2D eigenvalue weighted by atomic mass is 32.2. The second-order valence-electron chi connectivity index (χ2n) is 2.24. The molecule has 5 nitrogen and oxygen atoms in total. The smallest absolute Gasteiger partial charge is 0.297 e. The van der Waals surface area contributed by atoms with Gasteiger partial charge in [0.1, 0.15) is 0 Å². The highest BCUT2D eigenvalue weighted by Crippen LogP contribution is 2.14. The van der Waals surface area contributed by atoms with Crippen LogP contribution in [0.4, 0.5) is 0 Å². The van der Waals surface area contributed by atoms with Crippen molar-refractivity contribution in [3.8, 4) is 0 Å². The van der Waals surface area contributed by atoms with Crippen LogP contribution in [-0.2, 0) is 14.8 Å². The van der Waals surface area contributed by atoms with E-state index in [2.05, 4.69) is 4.40 Å². The van der Waals surface area contributed by atoms with E-state index in [1.807, 2.05) is 6.92 Å². The zero-order valence-electron chi connectivity index (χ0n) is 6.65. The number of nitrogens with zero attached hydrogens (tertiary/aromatic N) is 1. The lowest BCUT2D eigenvalue weighted by atomic mass is 10.3. The van der Waals surface area contributed by atoms with Crippen molar-refractivity contribution in [2.75, 3.05) is 13.2 Å². The van der Waals surface area contributed by atoms with E-state index in [4.69, 9.17) is 10.5 Å². The first-order valence-electron chi connectivity index (χ1n) is 3.44. The molecule has 0 unspecified atom stereocenters. The average molecular weight is 190 g/mol. The van der Waals surface area contributed by atoms with Gasteiger partial charge in [0.25, 0.3) is 10.0 Å². The fraction of sp³-hybridized carbons (Fsp3) is 0.500. The van der Waals surface area contributed by atoms with Gasteiger partial charge in [-0.1, -0.05) is 0 Å². The number of rotatable bonds is 3. The Balaban J connectivity index is 2.80. The minimum Gasteiger partial charge on any atom is -0.388 e. The van der Waals surface area contributed by atoms with Gasteiger partial charge in [0.15, 0.2) is 5.03 Å². The fourth-order valence-electron chi connectivity index (χ4n) is 0.739. The van der Waals surface area contributed by atoms with Crippen LogP contribution in [0.3, 0.4) is 0 Å². The molecule has 1 heterocycles. The molecule has 0 aromatic rings. The van der Waals surface area contributed by atoms with Crippen LogP contribution in [0.2, 0.25) is 0 Å². The number of hydrogen-bond donors (Lipinski definition) is 1.